The number of carboxylic acids is 1. The summed E-state index contributed by atoms with van der Waals surface area (Å²) in [5.74, 6) is 1.30. The molecular formula is C31H36LiNO5S. The average molecular weight is 542 g/mol. The van der Waals surface area contributed by atoms with Crippen LogP contribution < -0.4 is 29.3 Å². The fourth-order valence-corrected chi connectivity index (χ4v) is 5.52. The summed E-state index contributed by atoms with van der Waals surface area (Å²) in [5, 5.41) is 14.3. The Labute approximate surface area is 247 Å². The van der Waals surface area contributed by atoms with E-state index < -0.39 is 17.9 Å². The number of benzene rings is 2. The predicted octanol–water partition coefficient (Wildman–Crippen LogP) is 2.62. The number of carbonyl (C=O) groups excluding carboxylic acids is 2. The number of nitrogens with one attached hydrogen (secondary N) is 1. The predicted molar refractivity (Wildman–Crippen MR) is 149 cm³/mol. The van der Waals surface area contributed by atoms with Gasteiger partial charge in [0.2, 0.25) is 0 Å². The third-order valence-electron chi connectivity index (χ3n) is 7.17. The molecular weight excluding hydrogens is 505 g/mol. The van der Waals surface area contributed by atoms with Crippen LogP contribution in [0.25, 0.3) is 11.1 Å². The largest absolute Gasteiger partial charge is 1.00 e. The number of rotatable bonds is 12. The first kappa shape index (κ1) is 31.1. The van der Waals surface area contributed by atoms with Crippen molar-refractivity contribution in [1.29, 1.82) is 0 Å². The molecule has 39 heavy (non-hydrogen) atoms. The molecule has 2 aromatic carbocycles. The number of ether oxygens (including phenoxy) is 1. The molecule has 0 aliphatic heterocycles. The van der Waals surface area contributed by atoms with E-state index in [2.05, 4.69) is 11.4 Å². The summed E-state index contributed by atoms with van der Waals surface area (Å²) in [6.45, 7) is 2.72. The number of hydrogen-bond donors (Lipinski definition) is 1. The van der Waals surface area contributed by atoms with E-state index in [-0.39, 0.29) is 18.9 Å². The van der Waals surface area contributed by atoms with Gasteiger partial charge in [0.15, 0.2) is 0 Å². The maximum Gasteiger partial charge on any atom is 1.00 e. The first-order valence-electron chi connectivity index (χ1n) is 13.3. The summed E-state index contributed by atoms with van der Waals surface area (Å²) in [6.07, 6.45) is 8.42. The summed E-state index contributed by atoms with van der Waals surface area (Å²) in [6, 6.07) is 16.4. The van der Waals surface area contributed by atoms with Crippen LogP contribution >= 0.6 is 11.8 Å². The Hall–Kier alpha value is -2.43. The minimum Gasteiger partial charge on any atom is -0.548 e. The van der Waals surface area contributed by atoms with Crippen molar-refractivity contribution >= 4 is 23.6 Å². The van der Waals surface area contributed by atoms with Gasteiger partial charge in [-0.15, -0.1) is 0 Å². The Kier molecular flexibility index (Phi) is 12.3. The summed E-state index contributed by atoms with van der Waals surface area (Å²) in [4.78, 5) is 24.8. The second-order valence-electron chi connectivity index (χ2n) is 9.95. The van der Waals surface area contributed by atoms with Crippen LogP contribution in [0, 0.1) is 6.92 Å². The quantitative estimate of drug-likeness (QED) is 0.355. The maximum absolute atomic E-state index is 13.2. The monoisotopic (exact) mass is 541 g/mol. The SMILES string of the molecule is CSCC[C@H](NC(=O)c1ccc(COCc2ccc(C3CCCCC3)o2)cc1-c1ccccc1C)C(=O)[O-].[Li+]. The van der Waals surface area contributed by atoms with Gasteiger partial charge in [-0.05, 0) is 84.7 Å². The molecule has 0 bridgehead atoms. The van der Waals surface area contributed by atoms with E-state index in [1.807, 2.05) is 55.6 Å². The Bertz CT molecular complexity index is 1240. The average Bonchev–Trinajstić information content (AvgIpc) is 3.40. The second kappa shape index (κ2) is 15.4. The van der Waals surface area contributed by atoms with Crippen molar-refractivity contribution in [2.75, 3.05) is 12.0 Å². The van der Waals surface area contributed by atoms with Crippen LogP contribution in [-0.2, 0) is 22.7 Å². The van der Waals surface area contributed by atoms with E-state index in [1.54, 1.807) is 6.07 Å². The van der Waals surface area contributed by atoms with Gasteiger partial charge in [-0.3, -0.25) is 4.79 Å². The molecule has 202 valence electrons. The minimum absolute atomic E-state index is 0. The van der Waals surface area contributed by atoms with E-state index in [4.69, 9.17) is 9.15 Å². The molecule has 0 saturated heterocycles. The third-order valence-corrected chi connectivity index (χ3v) is 7.81. The van der Waals surface area contributed by atoms with E-state index >= 15 is 0 Å². The van der Waals surface area contributed by atoms with Gasteiger partial charge in [0.1, 0.15) is 18.1 Å². The molecule has 6 nitrogen and oxygen atoms in total. The molecule has 1 atom stereocenters. The number of carbonyl (C=O) groups is 2. The fourth-order valence-electron chi connectivity index (χ4n) is 5.05. The normalized spacial score (nSPS) is 14.4. The zero-order valence-corrected chi connectivity index (χ0v) is 24.0. The smallest absolute Gasteiger partial charge is 0.548 e. The second-order valence-corrected chi connectivity index (χ2v) is 10.9. The third kappa shape index (κ3) is 8.52. The molecule has 4 rings (SSSR count). The molecule has 1 saturated carbocycles. The van der Waals surface area contributed by atoms with Gasteiger partial charge in [-0.1, -0.05) is 49.6 Å². The molecule has 0 unspecified atom stereocenters. The summed E-state index contributed by atoms with van der Waals surface area (Å²) in [7, 11) is 0. The van der Waals surface area contributed by atoms with Crippen molar-refractivity contribution < 1.29 is 42.7 Å². The molecule has 1 aliphatic carbocycles. The molecule has 8 heteroatoms. The number of thioether (sulfide) groups is 1. The van der Waals surface area contributed by atoms with Gasteiger partial charge in [0.05, 0.1) is 18.6 Å². The maximum atomic E-state index is 13.2. The number of amides is 1. The number of carboxylic acid groups (broad SMARTS) is 1. The van der Waals surface area contributed by atoms with Gasteiger partial charge in [0.25, 0.3) is 5.91 Å². The number of furan rings is 1. The van der Waals surface area contributed by atoms with Gasteiger partial charge in [0, 0.05) is 11.5 Å². The van der Waals surface area contributed by atoms with E-state index in [1.165, 1.54) is 43.9 Å². The molecule has 0 spiro atoms. The van der Waals surface area contributed by atoms with Crippen LogP contribution in [-0.4, -0.2) is 29.9 Å². The van der Waals surface area contributed by atoms with Gasteiger partial charge < -0.3 is 24.4 Å². The van der Waals surface area contributed by atoms with Crippen molar-refractivity contribution in [1.82, 2.24) is 5.32 Å². The standard InChI is InChI=1S/C31H37NO5S.Li/c1-21-8-6-7-11-25(21)27-18-22(12-14-26(27)30(33)32-28(31(34)35)16-17-38-2)19-36-20-24-13-15-29(37-24)23-9-4-3-5-10-23;/h6-8,11-15,18,23,28H,3-5,9-10,16-17,19-20H2,1-2H3,(H,32,33)(H,34,35);/q;+1/p-1/t28-;/m0./s1. The topological polar surface area (TPSA) is 91.6 Å². The molecule has 0 radical (unpaired) electrons. The van der Waals surface area contributed by atoms with Crippen LogP contribution in [0.5, 0.6) is 0 Å². The molecule has 1 aliphatic rings. The van der Waals surface area contributed by atoms with Gasteiger partial charge in [-0.2, -0.15) is 11.8 Å². The van der Waals surface area contributed by atoms with Crippen molar-refractivity contribution in [2.24, 2.45) is 0 Å². The first-order chi connectivity index (χ1) is 18.5. The van der Waals surface area contributed by atoms with Crippen LogP contribution in [0.1, 0.15) is 77.4 Å². The molecule has 1 heterocycles. The molecule has 1 fully saturated rings. The fraction of sp³-hybridized carbons (Fsp3) is 0.419. The molecule has 1 amide bonds. The Morgan fingerprint density at radius 2 is 1.82 bits per heavy atom. The van der Waals surface area contributed by atoms with Crippen LogP contribution in [0.15, 0.2) is 59.0 Å². The van der Waals surface area contributed by atoms with E-state index in [0.29, 0.717) is 36.9 Å². The van der Waals surface area contributed by atoms with Crippen LogP contribution in [0.3, 0.4) is 0 Å². The zero-order valence-electron chi connectivity index (χ0n) is 23.2. The number of aryl methyl sites for hydroxylation is 1. The summed E-state index contributed by atoms with van der Waals surface area (Å²) in [5.41, 5.74) is 4.00. The van der Waals surface area contributed by atoms with E-state index in [0.717, 1.165) is 33.8 Å². The molecule has 1 aromatic heterocycles. The summed E-state index contributed by atoms with van der Waals surface area (Å²) < 4.78 is 12.1. The van der Waals surface area contributed by atoms with Crippen molar-refractivity contribution in [3.05, 3.63) is 82.8 Å². The van der Waals surface area contributed by atoms with Crippen molar-refractivity contribution in [3.8, 4) is 11.1 Å². The van der Waals surface area contributed by atoms with Crippen LogP contribution in [0.2, 0.25) is 0 Å². The molecule has 3 aromatic rings. The van der Waals surface area contributed by atoms with Gasteiger partial charge >= 0.3 is 18.9 Å². The van der Waals surface area contributed by atoms with Gasteiger partial charge in [-0.25, -0.2) is 0 Å². The van der Waals surface area contributed by atoms with Crippen molar-refractivity contribution in [2.45, 2.75) is 70.6 Å². The molecule has 1 N–H and O–H groups in total. The number of hydrogen-bond acceptors (Lipinski definition) is 6. The Balaban J connectivity index is 0.00000420. The Morgan fingerprint density at radius 1 is 1.05 bits per heavy atom. The minimum atomic E-state index is -1.28. The van der Waals surface area contributed by atoms with Crippen LogP contribution in [0.4, 0.5) is 0 Å². The zero-order chi connectivity index (χ0) is 26.9. The van der Waals surface area contributed by atoms with Crippen molar-refractivity contribution in [3.63, 3.8) is 0 Å². The summed E-state index contributed by atoms with van der Waals surface area (Å²) >= 11 is 1.53. The van der Waals surface area contributed by atoms with E-state index in [9.17, 15) is 14.7 Å². The first-order valence-corrected chi connectivity index (χ1v) is 14.7. The number of aliphatic carboxylic acids is 1. The Morgan fingerprint density at radius 3 is 2.54 bits per heavy atom.